The molecule has 5 heteroatoms. The Kier molecular flexibility index (Phi) is 4.03. The van der Waals surface area contributed by atoms with E-state index in [1.807, 2.05) is 24.3 Å². The van der Waals surface area contributed by atoms with Gasteiger partial charge in [0.2, 0.25) is 0 Å². The van der Waals surface area contributed by atoms with Gasteiger partial charge in [-0.05, 0) is 43.7 Å². The van der Waals surface area contributed by atoms with Gasteiger partial charge < -0.3 is 15.3 Å². The molecule has 1 aliphatic carbocycles. The summed E-state index contributed by atoms with van der Waals surface area (Å²) in [7, 11) is 0. The highest BCUT2D eigenvalue weighted by Gasteiger charge is 2.32. The van der Waals surface area contributed by atoms with Crippen LogP contribution in [0, 0.1) is 5.92 Å². The number of rotatable bonds is 4. The SMILES string of the molecule is OC(CC[C@@H]1C[C@@H](O)C[C@H]1O)c1nc2ccccc2s1. The first kappa shape index (κ1) is 13.9. The summed E-state index contributed by atoms with van der Waals surface area (Å²) in [5, 5.41) is 30.3. The van der Waals surface area contributed by atoms with Crippen LogP contribution in [0.5, 0.6) is 0 Å². The minimum atomic E-state index is -0.586. The molecule has 1 saturated carbocycles. The highest BCUT2D eigenvalue weighted by atomic mass is 32.1. The van der Waals surface area contributed by atoms with Crippen LogP contribution in [0.25, 0.3) is 10.2 Å². The van der Waals surface area contributed by atoms with E-state index in [1.54, 1.807) is 0 Å². The van der Waals surface area contributed by atoms with E-state index in [4.69, 9.17) is 0 Å². The monoisotopic (exact) mass is 293 g/mol. The maximum atomic E-state index is 10.2. The molecule has 1 aromatic heterocycles. The largest absolute Gasteiger partial charge is 0.393 e. The number of nitrogens with zero attached hydrogens (tertiary/aromatic N) is 1. The van der Waals surface area contributed by atoms with Gasteiger partial charge in [-0.3, -0.25) is 0 Å². The van der Waals surface area contributed by atoms with Crippen molar-refractivity contribution in [2.75, 3.05) is 0 Å². The number of benzene rings is 1. The van der Waals surface area contributed by atoms with Gasteiger partial charge in [-0.2, -0.15) is 0 Å². The van der Waals surface area contributed by atoms with E-state index in [1.165, 1.54) is 11.3 Å². The van der Waals surface area contributed by atoms with Crippen molar-refractivity contribution >= 4 is 21.6 Å². The van der Waals surface area contributed by atoms with E-state index >= 15 is 0 Å². The van der Waals surface area contributed by atoms with E-state index in [0.29, 0.717) is 19.3 Å². The molecule has 0 saturated heterocycles. The molecule has 0 bridgehead atoms. The first-order valence-corrected chi connectivity index (χ1v) is 7.85. The van der Waals surface area contributed by atoms with Crippen LogP contribution in [0.3, 0.4) is 0 Å². The number of aromatic nitrogens is 1. The first-order valence-electron chi connectivity index (χ1n) is 7.03. The Hall–Kier alpha value is -1.01. The lowest BCUT2D eigenvalue weighted by Crippen LogP contribution is -2.14. The standard InChI is InChI=1S/C15H19NO3S/c17-10-7-9(13(19)8-10)5-6-12(18)15-16-11-3-1-2-4-14(11)20-15/h1-4,9-10,12-13,17-19H,5-8H2/t9-,10-,12?,13-/m1/s1. The second kappa shape index (κ2) is 5.77. The minimum absolute atomic E-state index is 0.0917. The van der Waals surface area contributed by atoms with Crippen LogP contribution < -0.4 is 0 Å². The summed E-state index contributed by atoms with van der Waals surface area (Å²) in [6.45, 7) is 0. The summed E-state index contributed by atoms with van der Waals surface area (Å²) in [5.74, 6) is 0.0917. The van der Waals surface area contributed by atoms with Crippen LogP contribution in [0.1, 0.15) is 36.8 Å². The lowest BCUT2D eigenvalue weighted by molar-refractivity contribution is 0.102. The Morgan fingerprint density at radius 3 is 2.75 bits per heavy atom. The van der Waals surface area contributed by atoms with Gasteiger partial charge in [0.15, 0.2) is 0 Å². The van der Waals surface area contributed by atoms with Gasteiger partial charge in [0.25, 0.3) is 0 Å². The van der Waals surface area contributed by atoms with E-state index in [9.17, 15) is 15.3 Å². The zero-order valence-corrected chi connectivity index (χ0v) is 12.0. The average molecular weight is 293 g/mol. The molecule has 1 fully saturated rings. The van der Waals surface area contributed by atoms with Gasteiger partial charge >= 0.3 is 0 Å². The van der Waals surface area contributed by atoms with Gasteiger partial charge in [-0.15, -0.1) is 11.3 Å². The fourth-order valence-electron chi connectivity index (χ4n) is 2.91. The summed E-state index contributed by atoms with van der Waals surface area (Å²) in [4.78, 5) is 4.45. The van der Waals surface area contributed by atoms with Gasteiger partial charge in [0.05, 0.1) is 22.4 Å². The van der Waals surface area contributed by atoms with Crippen molar-refractivity contribution in [2.45, 2.75) is 44.0 Å². The third-order valence-corrected chi connectivity index (χ3v) is 5.18. The molecule has 4 nitrogen and oxygen atoms in total. The topological polar surface area (TPSA) is 73.6 Å². The fourth-order valence-corrected chi connectivity index (χ4v) is 3.90. The molecule has 108 valence electrons. The van der Waals surface area contributed by atoms with Crippen LogP contribution in [0.15, 0.2) is 24.3 Å². The number of hydrogen-bond acceptors (Lipinski definition) is 5. The highest BCUT2D eigenvalue weighted by molar-refractivity contribution is 7.18. The maximum Gasteiger partial charge on any atom is 0.122 e. The molecule has 1 heterocycles. The summed E-state index contributed by atoms with van der Waals surface area (Å²) >= 11 is 1.52. The molecule has 1 aliphatic rings. The second-order valence-corrected chi connectivity index (χ2v) is 6.63. The Morgan fingerprint density at radius 2 is 2.05 bits per heavy atom. The fraction of sp³-hybridized carbons (Fsp3) is 0.533. The van der Waals surface area contributed by atoms with E-state index in [0.717, 1.165) is 21.6 Å². The van der Waals surface area contributed by atoms with E-state index < -0.39 is 18.3 Å². The van der Waals surface area contributed by atoms with Crippen molar-refractivity contribution in [2.24, 2.45) is 5.92 Å². The number of thiazole rings is 1. The summed E-state index contributed by atoms with van der Waals surface area (Å²) in [6.07, 6.45) is 0.971. The Labute approximate surface area is 121 Å². The van der Waals surface area contributed by atoms with Crippen LogP contribution >= 0.6 is 11.3 Å². The third-order valence-electron chi connectivity index (χ3n) is 4.04. The van der Waals surface area contributed by atoms with Gasteiger partial charge in [0, 0.05) is 0 Å². The zero-order valence-electron chi connectivity index (χ0n) is 11.1. The Morgan fingerprint density at radius 1 is 1.25 bits per heavy atom. The molecule has 4 atom stereocenters. The lowest BCUT2D eigenvalue weighted by Gasteiger charge is -2.15. The van der Waals surface area contributed by atoms with Crippen LogP contribution in [0.2, 0.25) is 0 Å². The second-order valence-electron chi connectivity index (χ2n) is 5.57. The minimum Gasteiger partial charge on any atom is -0.393 e. The van der Waals surface area contributed by atoms with Crippen molar-refractivity contribution in [3.05, 3.63) is 29.3 Å². The predicted octanol–water partition coefficient (Wildman–Crippen LogP) is 2.24. The van der Waals surface area contributed by atoms with Crippen molar-refractivity contribution < 1.29 is 15.3 Å². The van der Waals surface area contributed by atoms with Crippen molar-refractivity contribution in [1.82, 2.24) is 4.98 Å². The van der Waals surface area contributed by atoms with E-state index in [-0.39, 0.29) is 5.92 Å². The van der Waals surface area contributed by atoms with Gasteiger partial charge in [-0.1, -0.05) is 12.1 Å². The normalized spacial score (nSPS) is 28.1. The Bertz CT molecular complexity index is 552. The molecular weight excluding hydrogens is 274 g/mol. The Balaban J connectivity index is 1.63. The van der Waals surface area contributed by atoms with Crippen LogP contribution in [0.4, 0.5) is 0 Å². The molecule has 3 N–H and O–H groups in total. The first-order chi connectivity index (χ1) is 9.63. The van der Waals surface area contributed by atoms with Crippen LogP contribution in [-0.4, -0.2) is 32.5 Å². The summed E-state index contributed by atoms with van der Waals surface area (Å²) in [5.41, 5.74) is 0.919. The lowest BCUT2D eigenvalue weighted by atomic mass is 9.97. The highest BCUT2D eigenvalue weighted by Crippen LogP contribution is 2.34. The molecule has 2 aromatic rings. The molecular formula is C15H19NO3S. The molecule has 20 heavy (non-hydrogen) atoms. The molecule has 0 spiro atoms. The molecule has 0 amide bonds. The van der Waals surface area contributed by atoms with Gasteiger partial charge in [0.1, 0.15) is 11.1 Å². The van der Waals surface area contributed by atoms with E-state index in [2.05, 4.69) is 4.98 Å². The van der Waals surface area contributed by atoms with Gasteiger partial charge in [-0.25, -0.2) is 4.98 Å². The number of aliphatic hydroxyl groups is 3. The summed E-state index contributed by atoms with van der Waals surface area (Å²) < 4.78 is 1.08. The number of aliphatic hydroxyl groups excluding tert-OH is 3. The average Bonchev–Trinajstić information content (AvgIpc) is 2.99. The number of para-hydroxylation sites is 1. The molecule has 3 rings (SSSR count). The summed E-state index contributed by atoms with van der Waals surface area (Å²) in [6, 6.07) is 7.85. The third kappa shape index (κ3) is 2.86. The number of fused-ring (bicyclic) bond motifs is 1. The predicted molar refractivity (Wildman–Crippen MR) is 78.6 cm³/mol. The van der Waals surface area contributed by atoms with Crippen LogP contribution in [-0.2, 0) is 0 Å². The van der Waals surface area contributed by atoms with Crippen molar-refractivity contribution in [1.29, 1.82) is 0 Å². The molecule has 0 radical (unpaired) electrons. The quantitative estimate of drug-likeness (QED) is 0.808. The maximum absolute atomic E-state index is 10.2. The van der Waals surface area contributed by atoms with Crippen molar-refractivity contribution in [3.63, 3.8) is 0 Å². The smallest absolute Gasteiger partial charge is 0.122 e. The molecule has 1 unspecified atom stereocenters. The van der Waals surface area contributed by atoms with Crippen molar-refractivity contribution in [3.8, 4) is 0 Å². The molecule has 0 aliphatic heterocycles. The molecule has 1 aromatic carbocycles. The zero-order chi connectivity index (χ0) is 14.1. The number of hydrogen-bond donors (Lipinski definition) is 3.